The van der Waals surface area contributed by atoms with Crippen LogP contribution in [0.25, 0.3) is 33.6 Å². The van der Waals surface area contributed by atoms with Crippen molar-refractivity contribution in [1.29, 1.82) is 0 Å². The van der Waals surface area contributed by atoms with Crippen molar-refractivity contribution in [1.82, 2.24) is 9.97 Å². The van der Waals surface area contributed by atoms with Crippen LogP contribution >= 0.6 is 0 Å². The van der Waals surface area contributed by atoms with Crippen molar-refractivity contribution in [3.05, 3.63) is 83.7 Å². The number of hydrogen-bond acceptors (Lipinski definition) is 4. The molecule has 0 fully saturated rings. The first-order valence-corrected chi connectivity index (χ1v) is 10.7. The van der Waals surface area contributed by atoms with E-state index in [4.69, 9.17) is 9.47 Å². The molecular formula is C26H22F2N2O4. The van der Waals surface area contributed by atoms with Crippen LogP contribution in [0.5, 0.6) is 0 Å². The Morgan fingerprint density at radius 1 is 0.676 bits per heavy atom. The molecule has 2 heterocycles. The van der Waals surface area contributed by atoms with Crippen LogP contribution in [-0.2, 0) is 9.47 Å². The lowest BCUT2D eigenvalue weighted by Gasteiger charge is -2.10. The number of benzene rings is 2. The molecule has 2 aromatic heterocycles. The number of rotatable bonds is 7. The number of esters is 2. The highest BCUT2D eigenvalue weighted by atomic mass is 19.1. The zero-order valence-corrected chi connectivity index (χ0v) is 18.6. The van der Waals surface area contributed by atoms with Gasteiger partial charge in [-0.2, -0.15) is 0 Å². The minimum absolute atomic E-state index is 0.141. The summed E-state index contributed by atoms with van der Waals surface area (Å²) < 4.78 is 37.5. The van der Waals surface area contributed by atoms with E-state index in [0.29, 0.717) is 33.6 Å². The summed E-state index contributed by atoms with van der Waals surface area (Å²) in [6.07, 6.45) is 3.20. The first-order chi connectivity index (χ1) is 16.4. The van der Waals surface area contributed by atoms with Crippen molar-refractivity contribution in [3.63, 3.8) is 0 Å². The van der Waals surface area contributed by atoms with E-state index in [0.717, 1.165) is 0 Å². The smallest absolute Gasteiger partial charge is 0.341 e. The van der Waals surface area contributed by atoms with Crippen LogP contribution in [0.1, 0.15) is 34.6 Å². The molecule has 0 saturated carbocycles. The number of hydrogen-bond donors (Lipinski definition) is 2. The Morgan fingerprint density at radius 3 is 1.35 bits per heavy atom. The van der Waals surface area contributed by atoms with Crippen molar-refractivity contribution in [2.45, 2.75) is 13.8 Å². The van der Waals surface area contributed by atoms with Gasteiger partial charge in [-0.05, 0) is 49.2 Å². The summed E-state index contributed by atoms with van der Waals surface area (Å²) in [5, 5.41) is 0. The molecule has 0 unspecified atom stereocenters. The molecule has 0 aliphatic carbocycles. The fourth-order valence-corrected chi connectivity index (χ4v) is 3.79. The van der Waals surface area contributed by atoms with E-state index in [1.165, 1.54) is 24.3 Å². The SMILES string of the molecule is CCOC(=O)c1c(-c2ccc(F)cc2)c[nH]c1-c1[nH]cc(-c2ccc(F)cc2)c1C(=O)OCC. The summed E-state index contributed by atoms with van der Waals surface area (Å²) in [5.41, 5.74) is 3.16. The largest absolute Gasteiger partial charge is 0.462 e. The van der Waals surface area contributed by atoms with Crippen molar-refractivity contribution in [2.75, 3.05) is 13.2 Å². The van der Waals surface area contributed by atoms with Gasteiger partial charge in [-0.25, -0.2) is 18.4 Å². The molecule has 0 saturated heterocycles. The van der Waals surface area contributed by atoms with Crippen molar-refractivity contribution >= 4 is 11.9 Å². The number of carbonyl (C=O) groups is 2. The summed E-state index contributed by atoms with van der Waals surface area (Å²) in [4.78, 5) is 32.1. The third-order valence-electron chi connectivity index (χ3n) is 5.28. The highest BCUT2D eigenvalue weighted by Gasteiger charge is 2.29. The molecule has 6 nitrogen and oxygen atoms in total. The first kappa shape index (κ1) is 23.0. The molecule has 34 heavy (non-hydrogen) atoms. The molecule has 4 rings (SSSR count). The van der Waals surface area contributed by atoms with Gasteiger partial charge in [0.2, 0.25) is 0 Å². The molecule has 8 heteroatoms. The van der Waals surface area contributed by atoms with Crippen LogP contribution in [-0.4, -0.2) is 35.1 Å². The average molecular weight is 464 g/mol. The summed E-state index contributed by atoms with van der Waals surface area (Å²) in [6.45, 7) is 3.66. The summed E-state index contributed by atoms with van der Waals surface area (Å²) in [5.74, 6) is -2.03. The van der Waals surface area contributed by atoms with Gasteiger partial charge in [0.1, 0.15) is 11.6 Å². The minimum Gasteiger partial charge on any atom is -0.462 e. The predicted octanol–water partition coefficient (Wildman–Crippen LogP) is 5.98. The second-order valence-corrected chi connectivity index (χ2v) is 7.36. The van der Waals surface area contributed by atoms with Gasteiger partial charge in [0.15, 0.2) is 0 Å². The molecule has 0 amide bonds. The third kappa shape index (κ3) is 4.34. The Labute approximate surface area is 194 Å². The lowest BCUT2D eigenvalue weighted by atomic mass is 9.98. The van der Waals surface area contributed by atoms with E-state index in [1.807, 2.05) is 0 Å². The Balaban J connectivity index is 1.93. The molecule has 0 bridgehead atoms. The number of aromatic nitrogens is 2. The van der Waals surface area contributed by atoms with Crippen LogP contribution in [0.3, 0.4) is 0 Å². The van der Waals surface area contributed by atoms with Crippen LogP contribution in [0.4, 0.5) is 8.78 Å². The molecule has 0 radical (unpaired) electrons. The van der Waals surface area contributed by atoms with Crippen molar-refractivity contribution < 1.29 is 27.8 Å². The van der Waals surface area contributed by atoms with E-state index in [1.54, 1.807) is 50.5 Å². The Morgan fingerprint density at radius 2 is 1.03 bits per heavy atom. The predicted molar refractivity (Wildman–Crippen MR) is 123 cm³/mol. The van der Waals surface area contributed by atoms with Gasteiger partial charge < -0.3 is 19.4 Å². The van der Waals surface area contributed by atoms with Gasteiger partial charge in [0.25, 0.3) is 0 Å². The third-order valence-corrected chi connectivity index (χ3v) is 5.28. The first-order valence-electron chi connectivity index (χ1n) is 10.7. The van der Waals surface area contributed by atoms with Crippen LogP contribution in [0.15, 0.2) is 60.9 Å². The maximum Gasteiger partial charge on any atom is 0.341 e. The fraction of sp³-hybridized carbons (Fsp3) is 0.154. The van der Waals surface area contributed by atoms with Gasteiger partial charge >= 0.3 is 11.9 Å². The van der Waals surface area contributed by atoms with E-state index >= 15 is 0 Å². The van der Waals surface area contributed by atoms with E-state index < -0.39 is 23.6 Å². The number of nitrogens with one attached hydrogen (secondary N) is 2. The van der Waals surface area contributed by atoms with Crippen LogP contribution in [0.2, 0.25) is 0 Å². The highest BCUT2D eigenvalue weighted by molar-refractivity contribution is 6.08. The zero-order valence-electron chi connectivity index (χ0n) is 18.6. The van der Waals surface area contributed by atoms with E-state index in [-0.39, 0.29) is 24.3 Å². The topological polar surface area (TPSA) is 84.2 Å². The summed E-state index contributed by atoms with van der Waals surface area (Å²) >= 11 is 0. The van der Waals surface area contributed by atoms with Crippen LogP contribution < -0.4 is 0 Å². The molecule has 2 N–H and O–H groups in total. The number of halogens is 2. The van der Waals surface area contributed by atoms with E-state index in [9.17, 15) is 18.4 Å². The number of H-pyrrole nitrogens is 2. The Hall–Kier alpha value is -4.20. The normalized spacial score (nSPS) is 10.8. The highest BCUT2D eigenvalue weighted by Crippen LogP contribution is 2.38. The van der Waals surface area contributed by atoms with Crippen LogP contribution in [0, 0.1) is 11.6 Å². The molecule has 0 aliphatic heterocycles. The van der Waals surface area contributed by atoms with Crippen molar-refractivity contribution in [2.24, 2.45) is 0 Å². The average Bonchev–Trinajstić information content (AvgIpc) is 3.45. The van der Waals surface area contributed by atoms with Crippen molar-refractivity contribution in [3.8, 4) is 33.6 Å². The Kier molecular flexibility index (Phi) is 6.58. The lowest BCUT2D eigenvalue weighted by molar-refractivity contribution is 0.0516. The maximum absolute atomic E-state index is 13.5. The molecule has 2 aromatic carbocycles. The Bertz CT molecular complexity index is 1220. The number of aromatic amines is 2. The van der Waals surface area contributed by atoms with Gasteiger partial charge in [-0.15, -0.1) is 0 Å². The zero-order chi connectivity index (χ0) is 24.2. The standard InChI is InChI=1S/C26H22F2N2O4/c1-3-33-25(31)21-19(15-5-9-17(27)10-6-15)13-29-23(21)24-22(26(32)34-4-2)20(14-30-24)16-7-11-18(28)12-8-16/h5-14,29-30H,3-4H2,1-2H3. The lowest BCUT2D eigenvalue weighted by Crippen LogP contribution is -2.10. The fourth-order valence-electron chi connectivity index (χ4n) is 3.79. The molecule has 0 atom stereocenters. The molecule has 0 aliphatic rings. The van der Waals surface area contributed by atoms with E-state index in [2.05, 4.69) is 9.97 Å². The quantitative estimate of drug-likeness (QED) is 0.330. The molecule has 174 valence electrons. The molecule has 4 aromatic rings. The van der Waals surface area contributed by atoms with Gasteiger partial charge in [0, 0.05) is 23.5 Å². The second-order valence-electron chi connectivity index (χ2n) is 7.36. The number of carbonyl (C=O) groups excluding carboxylic acids is 2. The molecule has 0 spiro atoms. The summed E-state index contributed by atoms with van der Waals surface area (Å²) in [6, 6.07) is 11.4. The van der Waals surface area contributed by atoms with Gasteiger partial charge in [-0.1, -0.05) is 24.3 Å². The van der Waals surface area contributed by atoms with Gasteiger partial charge in [0.05, 0.1) is 35.7 Å². The van der Waals surface area contributed by atoms with Gasteiger partial charge in [-0.3, -0.25) is 0 Å². The minimum atomic E-state index is -0.606. The second kappa shape index (κ2) is 9.74. The number of ether oxygens (including phenoxy) is 2. The monoisotopic (exact) mass is 464 g/mol. The molecular weight excluding hydrogens is 442 g/mol. The summed E-state index contributed by atoms with van der Waals surface area (Å²) in [7, 11) is 0. The maximum atomic E-state index is 13.5.